The fourth-order valence-corrected chi connectivity index (χ4v) is 5.31. The smallest absolute Gasteiger partial charge is 0.254 e. The molecule has 2 aromatic carbocycles. The van der Waals surface area contributed by atoms with Gasteiger partial charge in [-0.25, -0.2) is 4.39 Å². The summed E-state index contributed by atoms with van der Waals surface area (Å²) in [7, 11) is 0. The number of hydrogen-bond donors (Lipinski definition) is 0. The van der Waals surface area contributed by atoms with Crippen molar-refractivity contribution in [3.63, 3.8) is 0 Å². The molecule has 5 rings (SSSR count). The van der Waals surface area contributed by atoms with Crippen LogP contribution in [0, 0.1) is 29.5 Å². The van der Waals surface area contributed by atoms with Crippen molar-refractivity contribution in [3.8, 4) is 5.75 Å². The van der Waals surface area contributed by atoms with E-state index in [1.165, 1.54) is 18.3 Å². The molecule has 158 valence electrons. The first-order chi connectivity index (χ1) is 14.9. The van der Waals surface area contributed by atoms with Gasteiger partial charge in [0.25, 0.3) is 11.8 Å². The maximum absolute atomic E-state index is 13.3. The SMILES string of the molecule is O=C1[C@@H]2[C@H](C(=O)N1N=Cc1cc(Cl)c(OCc3cccc(F)c3)c(Cl)c1)[C@H]1C=C[C@H]2C1. The molecular weight excluding hydrogens is 442 g/mol. The van der Waals surface area contributed by atoms with E-state index < -0.39 is 0 Å². The van der Waals surface area contributed by atoms with Gasteiger partial charge in [0.05, 0.1) is 28.1 Å². The quantitative estimate of drug-likeness (QED) is 0.365. The predicted octanol–water partition coefficient (Wildman–Crippen LogP) is 4.85. The number of hydrazone groups is 1. The minimum absolute atomic E-state index is 0.0978. The van der Waals surface area contributed by atoms with Crippen LogP contribution in [0.5, 0.6) is 5.75 Å². The van der Waals surface area contributed by atoms with Crippen LogP contribution in [-0.2, 0) is 16.2 Å². The lowest BCUT2D eigenvalue weighted by Crippen LogP contribution is -2.28. The van der Waals surface area contributed by atoms with Gasteiger partial charge in [-0.3, -0.25) is 9.59 Å². The number of fused-ring (bicyclic) bond motifs is 5. The fraction of sp³-hybridized carbons (Fsp3) is 0.261. The summed E-state index contributed by atoms with van der Waals surface area (Å²) in [6.45, 7) is 0.0978. The number of carbonyl (C=O) groups is 2. The van der Waals surface area contributed by atoms with E-state index in [1.54, 1.807) is 24.3 Å². The molecule has 5 nitrogen and oxygen atoms in total. The molecule has 2 bridgehead atoms. The lowest BCUT2D eigenvalue weighted by Gasteiger charge is -2.13. The van der Waals surface area contributed by atoms with Gasteiger partial charge < -0.3 is 4.74 Å². The van der Waals surface area contributed by atoms with Gasteiger partial charge in [-0.1, -0.05) is 47.5 Å². The Morgan fingerprint density at radius 1 is 1.06 bits per heavy atom. The van der Waals surface area contributed by atoms with Crippen LogP contribution in [0.3, 0.4) is 0 Å². The van der Waals surface area contributed by atoms with Crippen LogP contribution in [0.25, 0.3) is 0 Å². The predicted molar refractivity (Wildman–Crippen MR) is 114 cm³/mol. The molecular formula is C23H17Cl2FN2O3. The number of benzene rings is 2. The molecule has 2 aromatic rings. The first-order valence-corrected chi connectivity index (χ1v) is 10.6. The van der Waals surface area contributed by atoms with Gasteiger partial charge >= 0.3 is 0 Å². The number of rotatable bonds is 5. The lowest BCUT2D eigenvalue weighted by atomic mass is 9.85. The molecule has 2 fully saturated rings. The highest BCUT2D eigenvalue weighted by Gasteiger charge is 2.59. The van der Waals surface area contributed by atoms with Gasteiger partial charge in [-0.2, -0.15) is 10.1 Å². The number of carbonyl (C=O) groups excluding carboxylic acids is 2. The van der Waals surface area contributed by atoms with Crippen molar-refractivity contribution in [2.24, 2.45) is 28.8 Å². The Bertz CT molecular complexity index is 1100. The van der Waals surface area contributed by atoms with Crippen LogP contribution < -0.4 is 4.74 Å². The molecule has 31 heavy (non-hydrogen) atoms. The summed E-state index contributed by atoms with van der Waals surface area (Å²) in [5, 5.41) is 5.58. The fourth-order valence-electron chi connectivity index (χ4n) is 4.70. The normalized spacial score (nSPS) is 26.4. The highest BCUT2D eigenvalue weighted by molar-refractivity contribution is 6.37. The van der Waals surface area contributed by atoms with Gasteiger partial charge in [0.2, 0.25) is 0 Å². The van der Waals surface area contributed by atoms with E-state index in [1.807, 2.05) is 12.2 Å². The number of ether oxygens (including phenoxy) is 1. The molecule has 2 amide bonds. The van der Waals surface area contributed by atoms with Gasteiger partial charge in [0.1, 0.15) is 12.4 Å². The second-order valence-electron chi connectivity index (χ2n) is 7.96. The highest BCUT2D eigenvalue weighted by atomic mass is 35.5. The van der Waals surface area contributed by atoms with Crippen LogP contribution in [0.4, 0.5) is 4.39 Å². The van der Waals surface area contributed by atoms with Crippen molar-refractivity contribution in [1.82, 2.24) is 5.01 Å². The third kappa shape index (κ3) is 3.54. The van der Waals surface area contributed by atoms with Crippen molar-refractivity contribution in [1.29, 1.82) is 0 Å². The van der Waals surface area contributed by atoms with E-state index in [4.69, 9.17) is 27.9 Å². The number of hydrogen-bond acceptors (Lipinski definition) is 4. The Labute approximate surface area is 188 Å². The van der Waals surface area contributed by atoms with Crippen molar-refractivity contribution in [2.45, 2.75) is 13.0 Å². The molecule has 0 N–H and O–H groups in total. The standard InChI is InChI=1S/C23H17Cl2FN2O3/c24-17-7-13(8-18(25)21(17)31-11-12-2-1-3-16(26)6-12)10-27-28-22(29)19-14-4-5-15(9-14)20(19)23(28)30/h1-8,10,14-15,19-20H,9,11H2/t14-,15-,19-,20+/m0/s1. The molecule has 0 aromatic heterocycles. The second kappa shape index (κ2) is 7.77. The topological polar surface area (TPSA) is 59.0 Å². The van der Waals surface area contributed by atoms with Crippen LogP contribution in [0.2, 0.25) is 10.0 Å². The molecule has 0 spiro atoms. The van der Waals surface area contributed by atoms with Gasteiger partial charge in [0.15, 0.2) is 5.75 Å². The Morgan fingerprint density at radius 2 is 1.71 bits per heavy atom. The molecule has 1 aliphatic heterocycles. The Kier molecular flexibility index (Phi) is 5.07. The third-order valence-electron chi connectivity index (χ3n) is 6.06. The summed E-state index contributed by atoms with van der Waals surface area (Å²) >= 11 is 12.6. The van der Waals surface area contributed by atoms with Gasteiger partial charge in [0, 0.05) is 0 Å². The molecule has 2 aliphatic carbocycles. The van der Waals surface area contributed by atoms with E-state index in [2.05, 4.69) is 5.10 Å². The minimum atomic E-state index is -0.358. The molecule has 1 heterocycles. The van der Waals surface area contributed by atoms with Crippen LogP contribution in [-0.4, -0.2) is 23.0 Å². The van der Waals surface area contributed by atoms with Crippen molar-refractivity contribution < 1.29 is 18.7 Å². The van der Waals surface area contributed by atoms with Crippen molar-refractivity contribution in [2.75, 3.05) is 0 Å². The molecule has 1 saturated heterocycles. The zero-order valence-electron chi connectivity index (χ0n) is 16.2. The number of allylic oxidation sites excluding steroid dienone is 2. The number of nitrogens with zero attached hydrogens (tertiary/aromatic N) is 2. The second-order valence-corrected chi connectivity index (χ2v) is 8.78. The monoisotopic (exact) mass is 458 g/mol. The summed E-state index contributed by atoms with van der Waals surface area (Å²) in [5.41, 5.74) is 1.16. The van der Waals surface area contributed by atoms with Crippen LogP contribution >= 0.6 is 23.2 Å². The number of imide groups is 1. The van der Waals surface area contributed by atoms with Gasteiger partial charge in [-0.05, 0) is 53.6 Å². The van der Waals surface area contributed by atoms with Crippen LogP contribution in [0.1, 0.15) is 17.5 Å². The Balaban J connectivity index is 1.31. The zero-order valence-corrected chi connectivity index (χ0v) is 17.7. The van der Waals surface area contributed by atoms with Crippen LogP contribution in [0.15, 0.2) is 53.7 Å². The molecule has 0 unspecified atom stereocenters. The van der Waals surface area contributed by atoms with Gasteiger partial charge in [-0.15, -0.1) is 0 Å². The number of amides is 2. The molecule has 8 heteroatoms. The molecule has 1 saturated carbocycles. The summed E-state index contributed by atoms with van der Waals surface area (Å²) in [6.07, 6.45) is 6.33. The highest BCUT2D eigenvalue weighted by Crippen LogP contribution is 2.52. The van der Waals surface area contributed by atoms with E-state index >= 15 is 0 Å². The summed E-state index contributed by atoms with van der Waals surface area (Å²) in [5.74, 6) is -0.948. The first kappa shape index (κ1) is 20.2. The lowest BCUT2D eigenvalue weighted by molar-refractivity contribution is -0.140. The third-order valence-corrected chi connectivity index (χ3v) is 6.62. The largest absolute Gasteiger partial charge is 0.486 e. The first-order valence-electron chi connectivity index (χ1n) is 9.89. The maximum atomic E-state index is 13.3. The summed E-state index contributed by atoms with van der Waals surface area (Å²) in [6, 6.07) is 9.19. The molecule has 3 aliphatic rings. The van der Waals surface area contributed by atoms with Crippen molar-refractivity contribution >= 4 is 41.2 Å². The van der Waals surface area contributed by atoms with E-state index in [0.717, 1.165) is 11.4 Å². The average molecular weight is 459 g/mol. The summed E-state index contributed by atoms with van der Waals surface area (Å²) < 4.78 is 19.0. The minimum Gasteiger partial charge on any atom is -0.486 e. The summed E-state index contributed by atoms with van der Waals surface area (Å²) in [4.78, 5) is 25.4. The van der Waals surface area contributed by atoms with E-state index in [0.29, 0.717) is 11.1 Å². The molecule has 4 atom stereocenters. The Hall–Kier alpha value is -2.70. The maximum Gasteiger partial charge on any atom is 0.254 e. The average Bonchev–Trinajstić information content (AvgIpc) is 3.40. The number of halogens is 3. The van der Waals surface area contributed by atoms with E-state index in [-0.39, 0.29) is 63.7 Å². The zero-order chi connectivity index (χ0) is 21.7. The van der Waals surface area contributed by atoms with E-state index in [9.17, 15) is 14.0 Å². The Morgan fingerprint density at radius 3 is 2.32 bits per heavy atom. The van der Waals surface area contributed by atoms with Crippen molar-refractivity contribution in [3.05, 3.63) is 75.5 Å². The molecule has 0 radical (unpaired) electrons.